The molecule has 0 radical (unpaired) electrons. The second-order valence-corrected chi connectivity index (χ2v) is 8.62. The Kier molecular flexibility index (Phi) is 5.74. The summed E-state index contributed by atoms with van der Waals surface area (Å²) in [7, 11) is -1.02. The van der Waals surface area contributed by atoms with Crippen molar-refractivity contribution in [1.29, 1.82) is 0 Å². The molecular formula is C16H19ClFN3O4S. The zero-order chi connectivity index (χ0) is 19.7. The number of likely N-dealkylation sites (tertiary alicyclic amines) is 1. The number of nitrogens with zero attached hydrogens (tertiary/aromatic N) is 2. The van der Waals surface area contributed by atoms with E-state index in [1.807, 2.05) is 0 Å². The number of hydrogen-bond acceptors (Lipinski definition) is 4. The van der Waals surface area contributed by atoms with Gasteiger partial charge in [0, 0.05) is 27.1 Å². The minimum absolute atomic E-state index is 0.0230. The Labute approximate surface area is 156 Å². The van der Waals surface area contributed by atoms with Gasteiger partial charge in [-0.25, -0.2) is 17.1 Å². The lowest BCUT2D eigenvalue weighted by Crippen LogP contribution is -2.42. The van der Waals surface area contributed by atoms with Crippen LogP contribution in [-0.4, -0.2) is 62.3 Å². The van der Waals surface area contributed by atoms with E-state index in [9.17, 15) is 22.4 Å². The number of amides is 2. The number of rotatable bonds is 5. The Morgan fingerprint density at radius 2 is 2.08 bits per heavy atom. The van der Waals surface area contributed by atoms with Gasteiger partial charge in [0.15, 0.2) is 0 Å². The molecular weight excluding hydrogens is 385 g/mol. The van der Waals surface area contributed by atoms with Crippen LogP contribution in [0.25, 0.3) is 0 Å². The van der Waals surface area contributed by atoms with Crippen LogP contribution < -0.4 is 5.32 Å². The van der Waals surface area contributed by atoms with Crippen molar-refractivity contribution in [3.05, 3.63) is 35.9 Å². The van der Waals surface area contributed by atoms with E-state index in [-0.39, 0.29) is 28.6 Å². The molecule has 7 nitrogen and oxygen atoms in total. The Morgan fingerprint density at radius 1 is 1.42 bits per heavy atom. The first-order chi connectivity index (χ1) is 12.0. The van der Waals surface area contributed by atoms with Crippen molar-refractivity contribution < 1.29 is 22.4 Å². The highest BCUT2D eigenvalue weighted by Gasteiger charge is 2.46. The topological polar surface area (TPSA) is 86.8 Å². The molecule has 142 valence electrons. The summed E-state index contributed by atoms with van der Waals surface area (Å²) >= 11 is 6.00. The van der Waals surface area contributed by atoms with E-state index in [0.29, 0.717) is 0 Å². The van der Waals surface area contributed by atoms with Crippen molar-refractivity contribution >= 4 is 39.1 Å². The third-order valence-electron chi connectivity index (χ3n) is 4.08. The van der Waals surface area contributed by atoms with Crippen molar-refractivity contribution in [1.82, 2.24) is 9.21 Å². The summed E-state index contributed by atoms with van der Waals surface area (Å²) < 4.78 is 40.3. The van der Waals surface area contributed by atoms with Crippen molar-refractivity contribution in [2.45, 2.75) is 17.0 Å². The number of sulfonamides is 1. The van der Waals surface area contributed by atoms with Crippen LogP contribution in [0.5, 0.6) is 0 Å². The molecule has 1 fully saturated rings. The monoisotopic (exact) mass is 403 g/mol. The van der Waals surface area contributed by atoms with Gasteiger partial charge < -0.3 is 10.2 Å². The van der Waals surface area contributed by atoms with E-state index in [2.05, 4.69) is 11.9 Å². The first kappa shape index (κ1) is 20.3. The number of anilines is 1. The predicted molar refractivity (Wildman–Crippen MR) is 96.2 cm³/mol. The number of alkyl halides is 1. The lowest BCUT2D eigenvalue weighted by atomic mass is 10.0. The molecule has 0 bridgehead atoms. The molecule has 0 aromatic heterocycles. The van der Waals surface area contributed by atoms with Gasteiger partial charge in [0.2, 0.25) is 21.6 Å². The normalized spacial score (nSPS) is 20.3. The first-order valence-electron chi connectivity index (χ1n) is 7.65. The molecule has 1 aliphatic heterocycles. The van der Waals surface area contributed by atoms with Gasteiger partial charge in [-0.2, -0.15) is 0 Å². The van der Waals surface area contributed by atoms with Crippen LogP contribution in [0.15, 0.2) is 35.7 Å². The maximum absolute atomic E-state index is 14.9. The fourth-order valence-corrected chi connectivity index (χ4v) is 3.57. The summed E-state index contributed by atoms with van der Waals surface area (Å²) in [4.78, 5) is 25.0. The minimum atomic E-state index is -3.74. The predicted octanol–water partition coefficient (Wildman–Crippen LogP) is 1.66. The molecule has 1 N–H and O–H groups in total. The van der Waals surface area contributed by atoms with E-state index < -0.39 is 34.1 Å². The Hall–Kier alpha value is -1.97. The number of hydrogen-bond donors (Lipinski definition) is 1. The standard InChI is InChI=1S/C16H19ClFN3O4S/c1-4-14(22)21-8-7-16(18,10-21)15(23)19-13-9-11(5-6-12(13)17)26(24,25)20(2)3/h4-6,9H,1,7-8,10H2,2-3H3,(H,19,23). The van der Waals surface area contributed by atoms with Crippen LogP contribution in [0, 0.1) is 0 Å². The van der Waals surface area contributed by atoms with E-state index in [1.54, 1.807) is 0 Å². The van der Waals surface area contributed by atoms with Gasteiger partial charge in [0.25, 0.3) is 5.91 Å². The fraction of sp³-hybridized carbons (Fsp3) is 0.375. The quantitative estimate of drug-likeness (QED) is 0.757. The number of benzene rings is 1. The molecule has 1 unspecified atom stereocenters. The maximum atomic E-state index is 14.9. The summed E-state index contributed by atoms with van der Waals surface area (Å²) in [6, 6.07) is 3.76. The van der Waals surface area contributed by atoms with Gasteiger partial charge in [0.05, 0.1) is 22.2 Å². The van der Waals surface area contributed by atoms with E-state index in [1.165, 1.54) is 37.2 Å². The molecule has 1 aromatic carbocycles. The lowest BCUT2D eigenvalue weighted by molar-refractivity contribution is -0.129. The fourth-order valence-electron chi connectivity index (χ4n) is 2.48. The average molecular weight is 404 g/mol. The molecule has 1 heterocycles. The van der Waals surface area contributed by atoms with Gasteiger partial charge in [0.1, 0.15) is 0 Å². The smallest absolute Gasteiger partial charge is 0.264 e. The Bertz CT molecular complexity index is 859. The number of carbonyl (C=O) groups excluding carboxylic acids is 2. The van der Waals surface area contributed by atoms with Crippen LogP contribution in [0.4, 0.5) is 10.1 Å². The summed E-state index contributed by atoms with van der Waals surface area (Å²) in [6.45, 7) is 3.01. The SMILES string of the molecule is C=CC(=O)N1CCC(F)(C(=O)Nc2cc(S(=O)(=O)N(C)C)ccc2Cl)C1. The van der Waals surface area contributed by atoms with Crippen molar-refractivity contribution in [2.24, 2.45) is 0 Å². The van der Waals surface area contributed by atoms with Gasteiger partial charge in [-0.15, -0.1) is 0 Å². The molecule has 1 atom stereocenters. The maximum Gasteiger partial charge on any atom is 0.264 e. The highest BCUT2D eigenvalue weighted by atomic mass is 35.5. The summed E-state index contributed by atoms with van der Waals surface area (Å²) in [5.74, 6) is -1.45. The first-order valence-corrected chi connectivity index (χ1v) is 9.47. The zero-order valence-electron chi connectivity index (χ0n) is 14.3. The largest absolute Gasteiger partial charge is 0.335 e. The highest BCUT2D eigenvalue weighted by molar-refractivity contribution is 7.89. The molecule has 1 aromatic rings. The van der Waals surface area contributed by atoms with E-state index >= 15 is 0 Å². The minimum Gasteiger partial charge on any atom is -0.335 e. The molecule has 0 spiro atoms. The molecule has 0 saturated carbocycles. The lowest BCUT2D eigenvalue weighted by Gasteiger charge is -2.20. The van der Waals surface area contributed by atoms with Crippen molar-refractivity contribution in [3.8, 4) is 0 Å². The molecule has 2 rings (SSSR count). The number of carbonyl (C=O) groups is 2. The molecule has 1 aliphatic rings. The Balaban J connectivity index is 2.24. The number of nitrogens with one attached hydrogen (secondary N) is 1. The zero-order valence-corrected chi connectivity index (χ0v) is 15.9. The molecule has 0 aliphatic carbocycles. The van der Waals surface area contributed by atoms with Gasteiger partial charge in [-0.3, -0.25) is 9.59 Å². The highest BCUT2D eigenvalue weighted by Crippen LogP contribution is 2.31. The summed E-state index contributed by atoms with van der Waals surface area (Å²) in [5.41, 5.74) is -2.32. The van der Waals surface area contributed by atoms with Crippen LogP contribution in [-0.2, 0) is 19.6 Å². The number of halogens is 2. The molecule has 1 saturated heterocycles. The molecule has 10 heteroatoms. The second kappa shape index (κ2) is 7.34. The molecule has 2 amide bonds. The van der Waals surface area contributed by atoms with Crippen LogP contribution >= 0.6 is 11.6 Å². The molecule has 26 heavy (non-hydrogen) atoms. The van der Waals surface area contributed by atoms with Gasteiger partial charge in [-0.05, 0) is 24.3 Å². The second-order valence-electron chi connectivity index (χ2n) is 6.06. The van der Waals surface area contributed by atoms with Crippen LogP contribution in [0.1, 0.15) is 6.42 Å². The van der Waals surface area contributed by atoms with Gasteiger partial charge >= 0.3 is 0 Å². The van der Waals surface area contributed by atoms with Crippen molar-refractivity contribution in [3.63, 3.8) is 0 Å². The summed E-state index contributed by atoms with van der Waals surface area (Å²) in [6.07, 6.45) is 0.877. The van der Waals surface area contributed by atoms with Crippen molar-refractivity contribution in [2.75, 3.05) is 32.5 Å². The van der Waals surface area contributed by atoms with E-state index in [4.69, 9.17) is 11.6 Å². The Morgan fingerprint density at radius 3 is 2.65 bits per heavy atom. The summed E-state index contributed by atoms with van der Waals surface area (Å²) in [5, 5.41) is 2.40. The average Bonchev–Trinajstić information content (AvgIpc) is 2.99. The van der Waals surface area contributed by atoms with E-state index in [0.717, 1.165) is 10.4 Å². The third-order valence-corrected chi connectivity index (χ3v) is 6.22. The van der Waals surface area contributed by atoms with Crippen LogP contribution in [0.2, 0.25) is 5.02 Å². The van der Waals surface area contributed by atoms with Crippen LogP contribution in [0.3, 0.4) is 0 Å². The third kappa shape index (κ3) is 3.89. The van der Waals surface area contributed by atoms with Gasteiger partial charge in [-0.1, -0.05) is 18.2 Å².